The van der Waals surface area contributed by atoms with Crippen LogP contribution in [0, 0.1) is 0 Å². The van der Waals surface area contributed by atoms with Crippen LogP contribution in [0.15, 0.2) is 54.6 Å². The summed E-state index contributed by atoms with van der Waals surface area (Å²) in [6, 6.07) is 18.2. The Morgan fingerprint density at radius 1 is 1.14 bits per heavy atom. The van der Waals surface area contributed by atoms with Crippen LogP contribution >= 0.6 is 0 Å². The number of amides is 1. The van der Waals surface area contributed by atoms with Gasteiger partial charge in [0.25, 0.3) is 5.91 Å². The van der Waals surface area contributed by atoms with Gasteiger partial charge in [0.1, 0.15) is 5.75 Å². The highest BCUT2D eigenvalue weighted by Gasteiger charge is 2.21. The monoisotopic (exact) mass is 396 g/mol. The first-order chi connectivity index (χ1) is 13.9. The fraction of sp³-hybridized carbons (Fsp3) is 0.458. The number of hydrogen-bond donors (Lipinski definition) is 1. The van der Waals surface area contributed by atoms with E-state index in [4.69, 9.17) is 9.47 Å². The van der Waals surface area contributed by atoms with Crippen molar-refractivity contribution < 1.29 is 14.3 Å². The maximum absolute atomic E-state index is 12.1. The number of nitrogens with one attached hydrogen (secondary N) is 1. The smallest absolute Gasteiger partial charge is 0.257 e. The normalized spacial score (nSPS) is 17.7. The quantitative estimate of drug-likeness (QED) is 0.778. The van der Waals surface area contributed by atoms with E-state index in [0.29, 0.717) is 18.9 Å². The number of nitrogens with zero attached hydrogens (tertiary/aromatic N) is 1. The van der Waals surface area contributed by atoms with Gasteiger partial charge in [-0.2, -0.15) is 0 Å². The van der Waals surface area contributed by atoms with Gasteiger partial charge in [-0.25, -0.2) is 0 Å². The third-order valence-electron chi connectivity index (χ3n) is 5.16. The van der Waals surface area contributed by atoms with Gasteiger partial charge in [0.05, 0.1) is 12.7 Å². The van der Waals surface area contributed by atoms with E-state index >= 15 is 0 Å². The largest absolute Gasteiger partial charge is 0.484 e. The predicted octanol–water partition coefficient (Wildman–Crippen LogP) is 3.55. The summed E-state index contributed by atoms with van der Waals surface area (Å²) in [5.41, 5.74) is 2.55. The van der Waals surface area contributed by atoms with Crippen LogP contribution in [0.2, 0.25) is 0 Å². The van der Waals surface area contributed by atoms with Crippen LogP contribution in [-0.2, 0) is 14.9 Å². The van der Waals surface area contributed by atoms with Gasteiger partial charge < -0.3 is 14.8 Å². The Morgan fingerprint density at radius 2 is 1.86 bits per heavy atom. The van der Waals surface area contributed by atoms with Crippen LogP contribution in [0.3, 0.4) is 0 Å². The molecule has 3 rings (SSSR count). The van der Waals surface area contributed by atoms with Gasteiger partial charge in [0.15, 0.2) is 6.61 Å². The second kappa shape index (κ2) is 9.90. The third kappa shape index (κ3) is 6.58. The zero-order valence-electron chi connectivity index (χ0n) is 17.7. The number of carbonyl (C=O) groups is 1. The molecular weight excluding hydrogens is 364 g/mol. The summed E-state index contributed by atoms with van der Waals surface area (Å²) >= 11 is 0. The molecule has 1 amide bonds. The van der Waals surface area contributed by atoms with Gasteiger partial charge in [-0.1, -0.05) is 63.2 Å². The highest BCUT2D eigenvalue weighted by molar-refractivity contribution is 5.77. The minimum atomic E-state index is -0.0993. The van der Waals surface area contributed by atoms with E-state index in [2.05, 4.69) is 55.3 Å². The molecule has 0 bridgehead atoms. The molecule has 1 N–H and O–H groups in total. The molecule has 1 heterocycles. The lowest BCUT2D eigenvalue weighted by Crippen LogP contribution is -2.43. The maximum Gasteiger partial charge on any atom is 0.257 e. The van der Waals surface area contributed by atoms with Crippen molar-refractivity contribution in [1.29, 1.82) is 0 Å². The average Bonchev–Trinajstić information content (AvgIpc) is 2.73. The summed E-state index contributed by atoms with van der Waals surface area (Å²) < 4.78 is 11.5. The molecule has 5 heteroatoms. The molecule has 1 atom stereocenters. The fourth-order valence-corrected chi connectivity index (χ4v) is 3.38. The van der Waals surface area contributed by atoms with Gasteiger partial charge in [0, 0.05) is 26.2 Å². The van der Waals surface area contributed by atoms with Crippen LogP contribution in [0.4, 0.5) is 0 Å². The summed E-state index contributed by atoms with van der Waals surface area (Å²) in [5.74, 6) is 0.616. The summed E-state index contributed by atoms with van der Waals surface area (Å²) in [6.07, 6.45) is 0.0973. The number of benzene rings is 2. The van der Waals surface area contributed by atoms with E-state index in [9.17, 15) is 4.79 Å². The van der Waals surface area contributed by atoms with E-state index in [1.165, 1.54) is 11.1 Å². The second-order valence-electron chi connectivity index (χ2n) is 8.48. The topological polar surface area (TPSA) is 50.8 Å². The van der Waals surface area contributed by atoms with Crippen LogP contribution in [-0.4, -0.2) is 50.2 Å². The lowest BCUT2D eigenvalue weighted by molar-refractivity contribution is -0.123. The third-order valence-corrected chi connectivity index (χ3v) is 5.16. The number of hydrogen-bond acceptors (Lipinski definition) is 4. The predicted molar refractivity (Wildman–Crippen MR) is 115 cm³/mol. The molecule has 1 aliphatic rings. The van der Waals surface area contributed by atoms with Crippen LogP contribution < -0.4 is 10.1 Å². The molecule has 0 radical (unpaired) electrons. The van der Waals surface area contributed by atoms with Gasteiger partial charge in [-0.3, -0.25) is 9.69 Å². The van der Waals surface area contributed by atoms with Crippen molar-refractivity contribution in [2.24, 2.45) is 0 Å². The minimum absolute atomic E-state index is 0.0324. The van der Waals surface area contributed by atoms with E-state index < -0.39 is 0 Å². The lowest BCUT2D eigenvalue weighted by atomic mass is 9.87. The summed E-state index contributed by atoms with van der Waals surface area (Å²) in [6.45, 7) is 10.4. The van der Waals surface area contributed by atoms with Crippen molar-refractivity contribution in [3.8, 4) is 5.75 Å². The Kier molecular flexibility index (Phi) is 7.29. The Hall–Kier alpha value is -2.37. The van der Waals surface area contributed by atoms with Gasteiger partial charge in [-0.05, 0) is 28.7 Å². The van der Waals surface area contributed by atoms with Crippen LogP contribution in [0.1, 0.15) is 38.0 Å². The number of morpholine rings is 1. The summed E-state index contributed by atoms with van der Waals surface area (Å²) in [4.78, 5) is 14.4. The highest BCUT2D eigenvalue weighted by Crippen LogP contribution is 2.24. The molecule has 2 aromatic rings. The molecule has 29 heavy (non-hydrogen) atoms. The first kappa shape index (κ1) is 21.3. The minimum Gasteiger partial charge on any atom is -0.484 e. The van der Waals surface area contributed by atoms with Gasteiger partial charge >= 0.3 is 0 Å². The van der Waals surface area contributed by atoms with Crippen molar-refractivity contribution >= 4 is 5.91 Å². The standard InChI is InChI=1S/C24H32N2O3/c1-24(2,3)20-9-11-21(12-10-20)29-18-23(27)25-13-14-26-15-16-28-22(17-26)19-7-5-4-6-8-19/h4-12,22H,13-18H2,1-3H3,(H,25,27). The summed E-state index contributed by atoms with van der Waals surface area (Å²) in [7, 11) is 0. The molecule has 0 aliphatic carbocycles. The Morgan fingerprint density at radius 3 is 2.55 bits per heavy atom. The first-order valence-corrected chi connectivity index (χ1v) is 10.3. The highest BCUT2D eigenvalue weighted by atomic mass is 16.5. The van der Waals surface area contributed by atoms with Gasteiger partial charge in [-0.15, -0.1) is 0 Å². The summed E-state index contributed by atoms with van der Waals surface area (Å²) in [5, 5.41) is 2.94. The lowest BCUT2D eigenvalue weighted by Gasteiger charge is -2.33. The molecule has 1 fully saturated rings. The fourth-order valence-electron chi connectivity index (χ4n) is 3.38. The van der Waals surface area contributed by atoms with E-state index in [1.54, 1.807) is 0 Å². The molecule has 5 nitrogen and oxygen atoms in total. The van der Waals surface area contributed by atoms with E-state index in [-0.39, 0.29) is 24.0 Å². The molecule has 1 unspecified atom stereocenters. The second-order valence-corrected chi connectivity index (χ2v) is 8.48. The number of carbonyl (C=O) groups excluding carboxylic acids is 1. The molecule has 1 saturated heterocycles. The first-order valence-electron chi connectivity index (χ1n) is 10.3. The zero-order chi connectivity index (χ0) is 20.7. The van der Waals surface area contributed by atoms with Crippen molar-refractivity contribution in [1.82, 2.24) is 10.2 Å². The molecular formula is C24H32N2O3. The number of ether oxygens (including phenoxy) is 2. The molecule has 0 aromatic heterocycles. The van der Waals surface area contributed by atoms with Crippen molar-refractivity contribution in [3.05, 3.63) is 65.7 Å². The molecule has 0 spiro atoms. The van der Waals surface area contributed by atoms with Crippen LogP contribution in [0.25, 0.3) is 0 Å². The zero-order valence-corrected chi connectivity index (χ0v) is 17.7. The van der Waals surface area contributed by atoms with Crippen LogP contribution in [0.5, 0.6) is 5.75 Å². The molecule has 2 aromatic carbocycles. The van der Waals surface area contributed by atoms with Crippen molar-refractivity contribution in [2.45, 2.75) is 32.3 Å². The van der Waals surface area contributed by atoms with E-state index in [1.807, 2.05) is 30.3 Å². The Bertz CT molecular complexity index is 769. The van der Waals surface area contributed by atoms with E-state index in [0.717, 1.165) is 19.6 Å². The SMILES string of the molecule is CC(C)(C)c1ccc(OCC(=O)NCCN2CCOC(c3ccccc3)C2)cc1. The molecule has 1 aliphatic heterocycles. The van der Waals surface area contributed by atoms with Crippen molar-refractivity contribution in [3.63, 3.8) is 0 Å². The Balaban J connectivity index is 1.36. The van der Waals surface area contributed by atoms with Gasteiger partial charge in [0.2, 0.25) is 0 Å². The molecule has 0 saturated carbocycles. The van der Waals surface area contributed by atoms with Crippen molar-refractivity contribution in [2.75, 3.05) is 39.4 Å². The average molecular weight is 397 g/mol. The molecule has 156 valence electrons. The number of rotatable bonds is 7. The maximum atomic E-state index is 12.1. The Labute approximate surface area is 174 Å².